The van der Waals surface area contributed by atoms with E-state index in [1.807, 2.05) is 11.9 Å². The Morgan fingerprint density at radius 3 is 2.67 bits per heavy atom. The summed E-state index contributed by atoms with van der Waals surface area (Å²) in [5.41, 5.74) is 0.490. The second kappa shape index (κ2) is 6.52. The Hall–Kier alpha value is -2.54. The summed E-state index contributed by atoms with van der Waals surface area (Å²) >= 11 is 0. The summed E-state index contributed by atoms with van der Waals surface area (Å²) in [5, 5.41) is 9.56. The lowest BCUT2D eigenvalue weighted by Crippen LogP contribution is -2.46. The van der Waals surface area contributed by atoms with Crippen molar-refractivity contribution in [2.75, 3.05) is 39.8 Å². The number of piperazine rings is 1. The van der Waals surface area contributed by atoms with E-state index in [1.54, 1.807) is 6.92 Å². The molecule has 1 saturated heterocycles. The van der Waals surface area contributed by atoms with Crippen molar-refractivity contribution >= 4 is 11.8 Å². The number of likely N-dealkylation sites (N-methyl/N-ethyl adjacent to an activating group) is 1. The summed E-state index contributed by atoms with van der Waals surface area (Å²) in [7, 11) is 2.00. The van der Waals surface area contributed by atoms with Gasteiger partial charge in [0.1, 0.15) is 11.5 Å². The molecule has 0 amide bonds. The fourth-order valence-electron chi connectivity index (χ4n) is 2.81. The van der Waals surface area contributed by atoms with Gasteiger partial charge in [0.15, 0.2) is 5.70 Å². The average molecular weight is 332 g/mol. The predicted molar refractivity (Wildman–Crippen MR) is 85.8 cm³/mol. The summed E-state index contributed by atoms with van der Waals surface area (Å²) in [4.78, 5) is 29.1. The topological polar surface area (TPSA) is 79.3 Å². The first-order valence-corrected chi connectivity index (χ1v) is 7.91. The maximum absolute atomic E-state index is 12.7. The fourth-order valence-corrected chi connectivity index (χ4v) is 2.81. The molecule has 1 N–H and O–H groups in total. The van der Waals surface area contributed by atoms with Crippen LogP contribution in [0.1, 0.15) is 17.3 Å². The molecule has 1 aromatic rings. The molecule has 0 radical (unpaired) electrons. The van der Waals surface area contributed by atoms with Gasteiger partial charge in [-0.15, -0.1) is 0 Å². The van der Waals surface area contributed by atoms with Crippen molar-refractivity contribution in [3.05, 3.63) is 35.2 Å². The number of hydrogen-bond acceptors (Lipinski definition) is 7. The number of carbonyl (C=O) groups is 2. The second-order valence-corrected chi connectivity index (χ2v) is 5.80. The minimum Gasteiger partial charge on any atom is -0.508 e. The number of rotatable bonds is 3. The SMILES string of the molecule is CCOC(=O)C(=C1Oc2cc(O)ccc2C1=O)N1CCN(C)CC1. The van der Waals surface area contributed by atoms with Gasteiger partial charge in [0, 0.05) is 32.2 Å². The molecule has 3 rings (SSSR count). The van der Waals surface area contributed by atoms with E-state index < -0.39 is 5.97 Å². The molecule has 128 valence electrons. The smallest absolute Gasteiger partial charge is 0.358 e. The van der Waals surface area contributed by atoms with Crippen molar-refractivity contribution in [1.29, 1.82) is 0 Å². The van der Waals surface area contributed by atoms with E-state index >= 15 is 0 Å². The van der Waals surface area contributed by atoms with E-state index in [0.29, 0.717) is 18.7 Å². The van der Waals surface area contributed by atoms with Gasteiger partial charge >= 0.3 is 5.97 Å². The van der Waals surface area contributed by atoms with Gasteiger partial charge in [0.05, 0.1) is 12.2 Å². The Labute approximate surface area is 140 Å². The number of benzene rings is 1. The third kappa shape index (κ3) is 2.94. The third-order valence-corrected chi connectivity index (χ3v) is 4.13. The highest BCUT2D eigenvalue weighted by Gasteiger charge is 2.36. The fraction of sp³-hybridized carbons (Fsp3) is 0.412. The van der Waals surface area contributed by atoms with Gasteiger partial charge in [-0.1, -0.05) is 0 Å². The van der Waals surface area contributed by atoms with Crippen LogP contribution in [0.15, 0.2) is 29.7 Å². The maximum Gasteiger partial charge on any atom is 0.358 e. The lowest BCUT2D eigenvalue weighted by molar-refractivity contribution is -0.140. The van der Waals surface area contributed by atoms with Crippen LogP contribution in [0.5, 0.6) is 11.5 Å². The molecular weight excluding hydrogens is 312 g/mol. The van der Waals surface area contributed by atoms with E-state index in [9.17, 15) is 14.7 Å². The number of Topliss-reactive ketones (excluding diaryl/α,β-unsaturated/α-hetero) is 1. The Balaban J connectivity index is 2.00. The first-order chi connectivity index (χ1) is 11.5. The van der Waals surface area contributed by atoms with Crippen LogP contribution in [0.3, 0.4) is 0 Å². The summed E-state index contributed by atoms with van der Waals surface area (Å²) in [5.74, 6) is -0.709. The molecule has 2 aliphatic heterocycles. The van der Waals surface area contributed by atoms with Gasteiger partial charge < -0.3 is 24.4 Å². The van der Waals surface area contributed by atoms with Crippen molar-refractivity contribution < 1.29 is 24.2 Å². The molecule has 0 atom stereocenters. The van der Waals surface area contributed by atoms with Crippen molar-refractivity contribution in [2.45, 2.75) is 6.92 Å². The van der Waals surface area contributed by atoms with Crippen molar-refractivity contribution in [3.63, 3.8) is 0 Å². The summed E-state index contributed by atoms with van der Waals surface area (Å²) in [6.45, 7) is 4.69. The van der Waals surface area contributed by atoms with Gasteiger partial charge in [0.25, 0.3) is 0 Å². The molecule has 0 saturated carbocycles. The molecule has 1 fully saturated rings. The van der Waals surface area contributed by atoms with Gasteiger partial charge in [-0.05, 0) is 26.1 Å². The van der Waals surface area contributed by atoms with Crippen molar-refractivity contribution in [2.24, 2.45) is 0 Å². The number of hydrogen-bond donors (Lipinski definition) is 1. The van der Waals surface area contributed by atoms with Gasteiger partial charge in [-0.25, -0.2) is 4.79 Å². The number of ether oxygens (including phenoxy) is 2. The van der Waals surface area contributed by atoms with Crippen LogP contribution >= 0.6 is 0 Å². The number of phenolic OH excluding ortho intramolecular Hbond substituents is 1. The minimum absolute atomic E-state index is 0.0000759. The van der Waals surface area contributed by atoms with Crippen LogP contribution in [-0.4, -0.2) is 66.5 Å². The van der Waals surface area contributed by atoms with Gasteiger partial charge in [-0.2, -0.15) is 0 Å². The molecule has 24 heavy (non-hydrogen) atoms. The number of esters is 1. The molecule has 0 bridgehead atoms. The van der Waals surface area contributed by atoms with E-state index in [4.69, 9.17) is 9.47 Å². The Kier molecular flexibility index (Phi) is 4.44. The van der Waals surface area contributed by atoms with E-state index in [-0.39, 0.29) is 35.3 Å². The average Bonchev–Trinajstić information content (AvgIpc) is 2.86. The molecule has 2 heterocycles. The molecule has 0 aliphatic carbocycles. The highest BCUT2D eigenvalue weighted by Crippen LogP contribution is 2.35. The molecular formula is C17H20N2O5. The quantitative estimate of drug-likeness (QED) is 0.653. The minimum atomic E-state index is -0.567. The second-order valence-electron chi connectivity index (χ2n) is 5.80. The molecule has 1 aromatic carbocycles. The van der Waals surface area contributed by atoms with E-state index in [0.717, 1.165) is 13.1 Å². The zero-order valence-corrected chi connectivity index (χ0v) is 13.7. The van der Waals surface area contributed by atoms with Crippen molar-refractivity contribution in [3.8, 4) is 11.5 Å². The van der Waals surface area contributed by atoms with E-state index in [2.05, 4.69) is 4.90 Å². The predicted octanol–water partition coefficient (Wildman–Crippen LogP) is 0.989. The number of aromatic hydroxyl groups is 1. The Morgan fingerprint density at radius 1 is 1.29 bits per heavy atom. The number of allylic oxidation sites excluding steroid dienone is 1. The zero-order chi connectivity index (χ0) is 17.3. The zero-order valence-electron chi connectivity index (χ0n) is 13.7. The first kappa shape index (κ1) is 16.3. The number of phenols is 1. The summed E-state index contributed by atoms with van der Waals surface area (Å²) in [6, 6.07) is 4.28. The van der Waals surface area contributed by atoms with Gasteiger partial charge in [0.2, 0.25) is 11.5 Å². The lowest BCUT2D eigenvalue weighted by atomic mass is 10.1. The highest BCUT2D eigenvalue weighted by atomic mass is 16.5. The third-order valence-electron chi connectivity index (χ3n) is 4.13. The number of carbonyl (C=O) groups excluding carboxylic acids is 2. The number of fused-ring (bicyclic) bond motifs is 1. The largest absolute Gasteiger partial charge is 0.508 e. The Morgan fingerprint density at radius 2 is 2.00 bits per heavy atom. The van der Waals surface area contributed by atoms with Crippen LogP contribution < -0.4 is 4.74 Å². The number of ketones is 1. The first-order valence-electron chi connectivity index (χ1n) is 7.91. The van der Waals surface area contributed by atoms with Crippen molar-refractivity contribution in [1.82, 2.24) is 9.80 Å². The summed E-state index contributed by atoms with van der Waals surface area (Å²) in [6.07, 6.45) is 0. The van der Waals surface area contributed by atoms with Crippen LogP contribution in [0.4, 0.5) is 0 Å². The number of nitrogens with zero attached hydrogens (tertiary/aromatic N) is 2. The van der Waals surface area contributed by atoms with Crippen LogP contribution in [0.25, 0.3) is 0 Å². The summed E-state index contributed by atoms with van der Waals surface area (Å²) < 4.78 is 10.8. The van der Waals surface area contributed by atoms with E-state index in [1.165, 1.54) is 18.2 Å². The molecule has 2 aliphatic rings. The Bertz CT molecular complexity index is 705. The van der Waals surface area contributed by atoms with Crippen LogP contribution in [0.2, 0.25) is 0 Å². The normalized spacial score (nSPS) is 19.8. The van der Waals surface area contributed by atoms with Crippen LogP contribution in [-0.2, 0) is 9.53 Å². The van der Waals surface area contributed by atoms with Crippen LogP contribution in [0, 0.1) is 0 Å². The highest BCUT2D eigenvalue weighted by molar-refractivity contribution is 6.15. The standard InChI is InChI=1S/C17H20N2O5/c1-3-23-17(22)14(19-8-6-18(2)7-9-19)16-15(21)12-5-4-11(20)10-13(12)24-16/h4-5,10,20H,3,6-9H2,1-2H3. The van der Waals surface area contributed by atoms with Gasteiger partial charge in [-0.3, -0.25) is 4.79 Å². The maximum atomic E-state index is 12.7. The monoisotopic (exact) mass is 332 g/mol. The molecule has 0 unspecified atom stereocenters. The lowest BCUT2D eigenvalue weighted by Gasteiger charge is -2.34. The molecule has 7 nitrogen and oxygen atoms in total. The molecule has 0 spiro atoms. The molecule has 7 heteroatoms. The molecule has 0 aromatic heterocycles.